The molecule has 456 valence electrons. The van der Waals surface area contributed by atoms with E-state index in [4.69, 9.17) is 43.2 Å². The molecule has 1 unspecified atom stereocenters. The molecule has 7 heterocycles. The summed E-state index contributed by atoms with van der Waals surface area (Å²) in [5.41, 5.74) is -3.60. The van der Waals surface area contributed by atoms with E-state index in [1.165, 1.54) is 27.9 Å². The number of hydrogen-bond acceptors (Lipinski definition) is 17. The summed E-state index contributed by atoms with van der Waals surface area (Å²) in [6.45, 7) is 44.7. The molecule has 82 heavy (non-hydrogen) atoms. The Morgan fingerprint density at radius 1 is 0.780 bits per heavy atom. The highest BCUT2D eigenvalue weighted by Crippen LogP contribution is 2.52. The quantitative estimate of drug-likeness (QED) is 0.0261. The number of imidazole rings is 1. The van der Waals surface area contributed by atoms with E-state index in [1.807, 2.05) is 20.8 Å². The first-order valence-corrected chi connectivity index (χ1v) is 34.8. The largest absolute Gasteiger partial charge is 0.411 e. The highest BCUT2D eigenvalue weighted by Gasteiger charge is 2.53. The molecule has 3 fully saturated rings. The number of nitrogens with zero attached hydrogens (tertiary/aromatic N) is 6. The number of carbonyl (C=O) groups is 1. The number of H-pyrrole nitrogens is 3. The van der Waals surface area contributed by atoms with Gasteiger partial charge in [0, 0.05) is 48.7 Å². The molecule has 0 radical (unpaired) electrons. The maximum atomic E-state index is 13.0. The van der Waals surface area contributed by atoms with E-state index in [0.717, 1.165) is 0 Å². The fraction of sp³-hybridized carbons (Fsp3) is 0.722. The number of nitrogens with one attached hydrogen (secondary N) is 4. The minimum absolute atomic E-state index is 0.000850. The summed E-state index contributed by atoms with van der Waals surface area (Å²) in [6, 6.07) is 0. The van der Waals surface area contributed by atoms with Gasteiger partial charge in [-0.1, -0.05) is 62.3 Å². The van der Waals surface area contributed by atoms with Crippen LogP contribution >= 0.6 is 8.60 Å². The van der Waals surface area contributed by atoms with Crippen molar-refractivity contribution in [2.45, 2.75) is 232 Å². The maximum Gasteiger partial charge on any atom is 0.333 e. The first kappa shape index (κ1) is 66.3. The highest BCUT2D eigenvalue weighted by molar-refractivity contribution is 7.41. The lowest BCUT2D eigenvalue weighted by molar-refractivity contribution is -0.121. The number of hydrogen-bond donors (Lipinski definition) is 5. The Balaban J connectivity index is 0.000000347. The molecule has 0 aromatic carbocycles. The van der Waals surface area contributed by atoms with Crippen molar-refractivity contribution >= 4 is 48.3 Å². The van der Waals surface area contributed by atoms with Crippen molar-refractivity contribution in [1.29, 1.82) is 0 Å². The van der Waals surface area contributed by atoms with Crippen LogP contribution in [0.2, 0.25) is 36.3 Å². The third-order valence-corrected chi connectivity index (χ3v) is 26.4. The summed E-state index contributed by atoms with van der Waals surface area (Å²) in [7, 11) is -6.59. The van der Waals surface area contributed by atoms with Gasteiger partial charge in [-0.2, -0.15) is 4.98 Å². The Morgan fingerprint density at radius 2 is 1.27 bits per heavy atom. The zero-order valence-electron chi connectivity index (χ0n) is 51.0. The molecule has 10 atom stereocenters. The number of aryl methyl sites for hydroxylation is 2. The zero-order valence-corrected chi connectivity index (χ0v) is 53.9. The second-order valence-electron chi connectivity index (χ2n) is 25.9. The molecule has 3 aliphatic heterocycles. The molecule has 4 aromatic rings. The molecule has 7 rings (SSSR count). The monoisotopic (exact) mass is 1200 g/mol. The topological polar surface area (TPSA) is 301 Å². The molecule has 28 heteroatoms. The Bertz CT molecular complexity index is 3250. The van der Waals surface area contributed by atoms with Gasteiger partial charge in [0.25, 0.3) is 16.7 Å². The highest BCUT2D eigenvalue weighted by atomic mass is 31.2. The summed E-state index contributed by atoms with van der Waals surface area (Å²) in [5.74, 6) is -0.634. The van der Waals surface area contributed by atoms with Crippen molar-refractivity contribution in [2.75, 3.05) is 18.5 Å². The first-order valence-electron chi connectivity index (χ1n) is 27.9. The summed E-state index contributed by atoms with van der Waals surface area (Å²) < 4.78 is 56.4. The van der Waals surface area contributed by atoms with Crippen molar-refractivity contribution < 1.29 is 46.5 Å². The predicted octanol–water partition coefficient (Wildman–Crippen LogP) is 7.59. The molecule has 1 amide bonds. The molecule has 0 bridgehead atoms. The van der Waals surface area contributed by atoms with E-state index in [0.29, 0.717) is 36.8 Å². The molecule has 3 aliphatic rings. The Morgan fingerprint density at radius 3 is 1.74 bits per heavy atom. The molecule has 0 aliphatic carbocycles. The number of aromatic nitrogens is 8. The van der Waals surface area contributed by atoms with Crippen LogP contribution in [0.15, 0.2) is 42.7 Å². The van der Waals surface area contributed by atoms with Crippen molar-refractivity contribution in [1.82, 2.24) is 38.6 Å². The van der Waals surface area contributed by atoms with Gasteiger partial charge in [-0.25, -0.2) is 21.1 Å². The van der Waals surface area contributed by atoms with Crippen molar-refractivity contribution in [2.24, 2.45) is 5.92 Å². The number of anilines is 1. The average Bonchev–Trinajstić information content (AvgIpc) is 4.33. The molecular formula is C54H87N10O15PSi2. The lowest BCUT2D eigenvalue weighted by atomic mass is 9.97. The standard InChI is InChI=1S/C36H55N8O10PSi.C18H32N2O5Si/c1-13-22-23(16-26(50-22)44-19-38-27-29(44)39-33(41-32(27)47)40-30(45)20(2)3)52-55(49-15-14-37-10)54-36(8,9)28-24(53-56(11,12)35(5,6)7)17-25(51-28)43-18-21(4)31(46)42-34(43)48;1-11-10-20(16(22)19-15(11)21)13-9-12(14(24-13)18(5,6)23)25-26(7,8)17(2,3)4/h18-20,22-26,28H,13-17H2,1-9,11-12H3,(H,42,46,48)(H2,39,40,41,45,47);10,12-14,23H,9H2,1-8H3,(H,19,21,22)/t22-,23-,24-,25-,26-,28+,55?;12-,13-,14+/m11/s1. The van der Waals surface area contributed by atoms with Gasteiger partial charge in [0.2, 0.25) is 18.4 Å². The van der Waals surface area contributed by atoms with E-state index in [-0.39, 0.29) is 58.3 Å². The van der Waals surface area contributed by atoms with Crippen LogP contribution in [0.1, 0.15) is 146 Å². The van der Waals surface area contributed by atoms with Gasteiger partial charge in [-0.15, -0.1) is 0 Å². The normalized spacial score (nSPS) is 24.2. The number of amides is 1. The Hall–Kier alpha value is -4.83. The Kier molecular flexibility index (Phi) is 20.5. The van der Waals surface area contributed by atoms with E-state index in [2.05, 4.69) is 103 Å². The van der Waals surface area contributed by atoms with Crippen molar-refractivity contribution in [3.8, 4) is 0 Å². The molecule has 5 N–H and O–H groups in total. The van der Waals surface area contributed by atoms with E-state index in [1.54, 1.807) is 46.1 Å². The van der Waals surface area contributed by atoms with Crippen LogP contribution in [-0.2, 0) is 41.4 Å². The maximum absolute atomic E-state index is 13.0. The third-order valence-electron chi connectivity index (χ3n) is 16.0. The molecule has 0 spiro atoms. The summed E-state index contributed by atoms with van der Waals surface area (Å²) in [5, 5.41) is 13.1. The third kappa shape index (κ3) is 15.3. The number of aromatic amines is 3. The smallest absolute Gasteiger partial charge is 0.333 e. The van der Waals surface area contributed by atoms with Crippen LogP contribution in [0.5, 0.6) is 0 Å². The van der Waals surface area contributed by atoms with Gasteiger partial charge in [-0.3, -0.25) is 53.1 Å². The Labute approximate surface area is 481 Å². The van der Waals surface area contributed by atoms with E-state index in [9.17, 15) is 33.9 Å². The van der Waals surface area contributed by atoms with Gasteiger partial charge >= 0.3 is 20.0 Å². The predicted molar refractivity (Wildman–Crippen MR) is 314 cm³/mol. The number of ether oxygens (including phenoxy) is 3. The van der Waals surface area contributed by atoms with E-state index >= 15 is 0 Å². The van der Waals surface area contributed by atoms with Gasteiger partial charge in [0.15, 0.2) is 27.8 Å². The van der Waals surface area contributed by atoms with Crippen LogP contribution < -0.4 is 33.4 Å². The fourth-order valence-corrected chi connectivity index (χ4v) is 13.2. The van der Waals surface area contributed by atoms with Crippen LogP contribution in [0.3, 0.4) is 0 Å². The molecule has 4 aromatic heterocycles. The lowest BCUT2D eigenvalue weighted by Gasteiger charge is -2.42. The molecule has 3 saturated heterocycles. The van der Waals surface area contributed by atoms with Crippen LogP contribution in [-0.4, -0.2) is 127 Å². The van der Waals surface area contributed by atoms with Crippen LogP contribution in [0.4, 0.5) is 5.95 Å². The van der Waals surface area contributed by atoms with Crippen LogP contribution in [0, 0.1) is 26.3 Å². The minimum Gasteiger partial charge on any atom is -0.411 e. The van der Waals surface area contributed by atoms with Gasteiger partial charge < -0.3 is 46.6 Å². The number of fused-ring (bicyclic) bond motifs is 1. The molecule has 0 saturated carbocycles. The number of rotatable bonds is 19. The average molecular weight is 1200 g/mol. The minimum atomic E-state index is -2.38. The summed E-state index contributed by atoms with van der Waals surface area (Å²) >= 11 is 0. The molecular weight excluding hydrogens is 1120 g/mol. The second-order valence-corrected chi connectivity index (χ2v) is 36.5. The van der Waals surface area contributed by atoms with Gasteiger partial charge in [0.05, 0.1) is 36.3 Å². The van der Waals surface area contributed by atoms with E-state index < -0.39 is 114 Å². The summed E-state index contributed by atoms with van der Waals surface area (Å²) in [4.78, 5) is 93.7. The van der Waals surface area contributed by atoms with Crippen LogP contribution in [0.25, 0.3) is 16.0 Å². The second kappa shape index (κ2) is 25.4. The lowest BCUT2D eigenvalue weighted by Crippen LogP contribution is -2.51. The fourth-order valence-electron chi connectivity index (χ4n) is 9.19. The SMILES string of the molecule is Cc1cn([C@H]2C[C@@H](O[Si](C)(C)C(C)(C)C)[C@@H](C(C)(C)O)O2)c(=O)[nH]c1=O.[C-]#[N+]CCOP(O[C@@H]1C[C@H](n2cnc3c(=O)[nH]c(NC(=O)C(C)C)nc32)O[C@@H]1CC)OC(C)(C)[C@H]1O[C@@H](n2cc(C)c(=O)[nH]c2=O)C[C@H]1O[Si](C)(C)C(C)(C)C. The number of aliphatic hydroxyl groups is 1. The molecule has 25 nitrogen and oxygen atoms in total. The number of carbonyl (C=O) groups excluding carboxylic acids is 1. The van der Waals surface area contributed by atoms with Gasteiger partial charge in [-0.05, 0) is 84.2 Å². The van der Waals surface area contributed by atoms with Crippen molar-refractivity contribution in [3.05, 3.63) is 93.3 Å². The first-order chi connectivity index (χ1) is 37.8. The van der Waals surface area contributed by atoms with Gasteiger partial charge in [0.1, 0.15) is 43.1 Å². The zero-order chi connectivity index (χ0) is 61.4. The van der Waals surface area contributed by atoms with Crippen molar-refractivity contribution in [3.63, 3.8) is 0 Å². The summed E-state index contributed by atoms with van der Waals surface area (Å²) in [6.07, 6.45) is 1.05.